The number of hydrogen-bond acceptors (Lipinski definition) is 3. The molecule has 1 N–H and O–H groups in total. The largest absolute Gasteiger partial charge is 0.383 e. The van der Waals surface area contributed by atoms with Crippen LogP contribution in [0, 0.1) is 5.92 Å². The van der Waals surface area contributed by atoms with Crippen molar-refractivity contribution in [2.45, 2.75) is 44.2 Å². The van der Waals surface area contributed by atoms with Crippen LogP contribution in [0.15, 0.2) is 0 Å². The Labute approximate surface area is 99.5 Å². The first kappa shape index (κ1) is 12.3. The molecular weight excluding hydrogens is 200 g/mol. The first-order valence-corrected chi connectivity index (χ1v) is 6.72. The smallest absolute Gasteiger partial charge is 0.0630 e. The predicted octanol–water partition coefficient (Wildman–Crippen LogP) is 1.49. The molecule has 2 rings (SSSR count). The molecular formula is C13H26N2O. The second kappa shape index (κ2) is 5.99. The standard InChI is InChI=1S/C13H26N2O/c1-15(9-11-4-3-5-11)13(10-16-2)8-14-12-6-7-12/h11-14H,3-10H2,1-2H3. The number of rotatable bonds is 8. The van der Waals surface area contributed by atoms with Gasteiger partial charge in [0.15, 0.2) is 0 Å². The average molecular weight is 226 g/mol. The third kappa shape index (κ3) is 3.72. The highest BCUT2D eigenvalue weighted by molar-refractivity contribution is 4.84. The van der Waals surface area contributed by atoms with E-state index in [1.54, 1.807) is 7.11 Å². The van der Waals surface area contributed by atoms with E-state index in [2.05, 4.69) is 17.3 Å². The summed E-state index contributed by atoms with van der Waals surface area (Å²) in [6, 6.07) is 1.35. The van der Waals surface area contributed by atoms with E-state index in [9.17, 15) is 0 Å². The van der Waals surface area contributed by atoms with Crippen LogP contribution in [0.25, 0.3) is 0 Å². The summed E-state index contributed by atoms with van der Waals surface area (Å²) in [6.07, 6.45) is 7.03. The summed E-state index contributed by atoms with van der Waals surface area (Å²) in [5, 5.41) is 3.61. The fourth-order valence-corrected chi connectivity index (χ4v) is 2.36. The van der Waals surface area contributed by atoms with Gasteiger partial charge in [-0.25, -0.2) is 0 Å². The zero-order chi connectivity index (χ0) is 11.4. The lowest BCUT2D eigenvalue weighted by Crippen LogP contribution is -2.46. The first-order valence-electron chi connectivity index (χ1n) is 6.72. The third-order valence-corrected chi connectivity index (χ3v) is 3.97. The van der Waals surface area contributed by atoms with Crippen LogP contribution >= 0.6 is 0 Å². The Bertz CT molecular complexity index is 202. The monoisotopic (exact) mass is 226 g/mol. The highest BCUT2D eigenvalue weighted by atomic mass is 16.5. The van der Waals surface area contributed by atoms with Gasteiger partial charge in [-0.2, -0.15) is 0 Å². The van der Waals surface area contributed by atoms with Gasteiger partial charge in [0.1, 0.15) is 0 Å². The Kier molecular flexibility index (Phi) is 4.62. The molecule has 0 aromatic rings. The van der Waals surface area contributed by atoms with Crippen LogP contribution in [0.4, 0.5) is 0 Å². The molecule has 2 aliphatic rings. The van der Waals surface area contributed by atoms with Crippen LogP contribution in [0.5, 0.6) is 0 Å². The van der Waals surface area contributed by atoms with Crippen molar-refractivity contribution < 1.29 is 4.74 Å². The summed E-state index contributed by atoms with van der Waals surface area (Å²) in [4.78, 5) is 2.49. The first-order chi connectivity index (χ1) is 7.79. The van der Waals surface area contributed by atoms with Crippen molar-refractivity contribution in [3.63, 3.8) is 0 Å². The molecule has 94 valence electrons. The van der Waals surface area contributed by atoms with Crippen molar-refractivity contribution in [3.8, 4) is 0 Å². The molecule has 0 aliphatic heterocycles. The Balaban J connectivity index is 1.68. The molecule has 3 nitrogen and oxygen atoms in total. The van der Waals surface area contributed by atoms with E-state index in [1.165, 1.54) is 38.6 Å². The average Bonchev–Trinajstić information content (AvgIpc) is 3.01. The molecule has 0 saturated heterocycles. The Morgan fingerprint density at radius 1 is 1.31 bits per heavy atom. The highest BCUT2D eigenvalue weighted by Gasteiger charge is 2.25. The lowest BCUT2D eigenvalue weighted by atomic mass is 9.85. The van der Waals surface area contributed by atoms with Crippen molar-refractivity contribution in [1.29, 1.82) is 0 Å². The van der Waals surface area contributed by atoms with Gasteiger partial charge in [0.05, 0.1) is 6.61 Å². The number of methoxy groups -OCH3 is 1. The summed E-state index contributed by atoms with van der Waals surface area (Å²) in [6.45, 7) is 3.19. The minimum absolute atomic E-state index is 0.547. The van der Waals surface area contributed by atoms with Gasteiger partial charge in [0.25, 0.3) is 0 Å². The van der Waals surface area contributed by atoms with Crippen molar-refractivity contribution >= 4 is 0 Å². The summed E-state index contributed by atoms with van der Waals surface area (Å²) in [7, 11) is 4.05. The molecule has 0 heterocycles. The molecule has 16 heavy (non-hydrogen) atoms. The fraction of sp³-hybridized carbons (Fsp3) is 1.00. The predicted molar refractivity (Wildman–Crippen MR) is 66.7 cm³/mol. The minimum Gasteiger partial charge on any atom is -0.383 e. The minimum atomic E-state index is 0.547. The van der Waals surface area contributed by atoms with E-state index in [0.29, 0.717) is 6.04 Å². The normalized spacial score (nSPS) is 23.4. The van der Waals surface area contributed by atoms with Crippen LogP contribution < -0.4 is 5.32 Å². The lowest BCUT2D eigenvalue weighted by molar-refractivity contribution is 0.0839. The number of ether oxygens (including phenoxy) is 1. The van der Waals surface area contributed by atoms with E-state index < -0.39 is 0 Å². The van der Waals surface area contributed by atoms with Gasteiger partial charge in [-0.15, -0.1) is 0 Å². The van der Waals surface area contributed by atoms with Crippen molar-refractivity contribution in [1.82, 2.24) is 10.2 Å². The quantitative estimate of drug-likeness (QED) is 0.678. The summed E-state index contributed by atoms with van der Waals surface area (Å²) in [5.74, 6) is 0.949. The zero-order valence-corrected chi connectivity index (χ0v) is 10.7. The second-order valence-electron chi connectivity index (χ2n) is 5.53. The molecule has 0 radical (unpaired) electrons. The van der Waals surface area contributed by atoms with E-state index in [-0.39, 0.29) is 0 Å². The van der Waals surface area contributed by atoms with E-state index in [1.807, 2.05) is 0 Å². The summed E-state index contributed by atoms with van der Waals surface area (Å²) < 4.78 is 5.33. The maximum Gasteiger partial charge on any atom is 0.0630 e. The molecule has 0 spiro atoms. The fourth-order valence-electron chi connectivity index (χ4n) is 2.36. The topological polar surface area (TPSA) is 24.5 Å². The van der Waals surface area contributed by atoms with Crippen LogP contribution in [0.3, 0.4) is 0 Å². The Hall–Kier alpha value is -0.120. The number of nitrogens with zero attached hydrogens (tertiary/aromatic N) is 1. The Morgan fingerprint density at radius 2 is 2.06 bits per heavy atom. The summed E-state index contributed by atoms with van der Waals surface area (Å²) in [5.41, 5.74) is 0. The molecule has 0 aromatic carbocycles. The van der Waals surface area contributed by atoms with Gasteiger partial charge in [-0.3, -0.25) is 4.90 Å². The van der Waals surface area contributed by atoms with Gasteiger partial charge in [0, 0.05) is 32.3 Å². The zero-order valence-electron chi connectivity index (χ0n) is 10.7. The molecule has 3 heteroatoms. The van der Waals surface area contributed by atoms with Crippen molar-refractivity contribution in [3.05, 3.63) is 0 Å². The number of likely N-dealkylation sites (N-methyl/N-ethyl adjacent to an activating group) is 1. The van der Waals surface area contributed by atoms with Crippen LogP contribution in [0.1, 0.15) is 32.1 Å². The number of nitrogens with one attached hydrogen (secondary N) is 1. The SMILES string of the molecule is COCC(CNC1CC1)N(C)CC1CCC1. The lowest BCUT2D eigenvalue weighted by Gasteiger charge is -2.34. The second-order valence-corrected chi connectivity index (χ2v) is 5.53. The molecule has 0 aromatic heterocycles. The van der Waals surface area contributed by atoms with Crippen LogP contribution in [0.2, 0.25) is 0 Å². The van der Waals surface area contributed by atoms with E-state index in [4.69, 9.17) is 4.74 Å². The maximum atomic E-state index is 5.33. The van der Waals surface area contributed by atoms with E-state index >= 15 is 0 Å². The molecule has 0 amide bonds. The van der Waals surface area contributed by atoms with Crippen LogP contribution in [-0.2, 0) is 4.74 Å². The molecule has 2 aliphatic carbocycles. The van der Waals surface area contributed by atoms with Gasteiger partial charge in [0.2, 0.25) is 0 Å². The van der Waals surface area contributed by atoms with Gasteiger partial charge in [-0.1, -0.05) is 6.42 Å². The van der Waals surface area contributed by atoms with Crippen LogP contribution in [-0.4, -0.2) is 50.8 Å². The molecule has 0 bridgehead atoms. The third-order valence-electron chi connectivity index (χ3n) is 3.97. The van der Waals surface area contributed by atoms with Crippen molar-refractivity contribution in [2.24, 2.45) is 5.92 Å². The summed E-state index contributed by atoms with van der Waals surface area (Å²) >= 11 is 0. The van der Waals surface area contributed by atoms with Gasteiger partial charge >= 0.3 is 0 Å². The van der Waals surface area contributed by atoms with Gasteiger partial charge < -0.3 is 10.1 Å². The maximum absolute atomic E-state index is 5.33. The number of hydrogen-bond donors (Lipinski definition) is 1. The Morgan fingerprint density at radius 3 is 2.56 bits per heavy atom. The molecule has 1 atom stereocenters. The molecule has 2 saturated carbocycles. The van der Waals surface area contributed by atoms with Gasteiger partial charge in [-0.05, 0) is 38.6 Å². The highest BCUT2D eigenvalue weighted by Crippen LogP contribution is 2.27. The molecule has 2 fully saturated rings. The van der Waals surface area contributed by atoms with E-state index in [0.717, 1.165) is 25.1 Å². The van der Waals surface area contributed by atoms with Crippen molar-refractivity contribution in [2.75, 3.05) is 33.9 Å². The molecule has 1 unspecified atom stereocenters.